The van der Waals surface area contributed by atoms with Crippen molar-refractivity contribution in [2.75, 3.05) is 0 Å². The molecule has 0 saturated carbocycles. The highest BCUT2D eigenvalue weighted by Gasteiger charge is 2.50. The van der Waals surface area contributed by atoms with Gasteiger partial charge in [-0.15, -0.1) is 0 Å². The Kier molecular flexibility index (Phi) is 4.47. The zero-order valence-corrected chi connectivity index (χ0v) is 16.2. The number of fused-ring (bicyclic) bond motifs is 3. The highest BCUT2D eigenvalue weighted by molar-refractivity contribution is 5.79. The van der Waals surface area contributed by atoms with Gasteiger partial charge in [-0.25, -0.2) is 4.79 Å². The first kappa shape index (κ1) is 18.1. The first-order chi connectivity index (χ1) is 14.1. The highest BCUT2D eigenvalue weighted by atomic mass is 16.6. The van der Waals surface area contributed by atoms with Crippen molar-refractivity contribution in [3.8, 4) is 0 Å². The molecule has 1 N–H and O–H groups in total. The molecule has 3 heterocycles. The highest BCUT2D eigenvalue weighted by Crippen LogP contribution is 2.46. The third-order valence-electron chi connectivity index (χ3n) is 6.31. The van der Waals surface area contributed by atoms with Gasteiger partial charge in [-0.3, -0.25) is 4.98 Å². The van der Waals surface area contributed by atoms with Gasteiger partial charge in [-0.2, -0.15) is 0 Å². The molecule has 1 amide bonds. The molecule has 2 fully saturated rings. The molecule has 1 aromatic heterocycles. The predicted molar refractivity (Wildman–Crippen MR) is 110 cm³/mol. The molecule has 2 aliphatic heterocycles. The second kappa shape index (κ2) is 7.16. The molecule has 5 rings (SSSR count). The lowest BCUT2D eigenvalue weighted by molar-refractivity contribution is -0.0537. The van der Waals surface area contributed by atoms with Crippen LogP contribution < -0.4 is 0 Å². The number of rotatable bonds is 3. The number of pyridine rings is 1. The summed E-state index contributed by atoms with van der Waals surface area (Å²) in [5.74, 6) is 0. The number of aromatic nitrogens is 1. The lowest BCUT2D eigenvalue weighted by Gasteiger charge is -2.43. The summed E-state index contributed by atoms with van der Waals surface area (Å²) < 4.78 is 5.57. The van der Waals surface area contributed by atoms with E-state index in [-0.39, 0.29) is 24.8 Å². The van der Waals surface area contributed by atoms with Crippen molar-refractivity contribution in [2.24, 2.45) is 0 Å². The summed E-state index contributed by atoms with van der Waals surface area (Å²) in [7, 11) is 0. The lowest BCUT2D eigenvalue weighted by Crippen LogP contribution is -2.52. The fraction of sp³-hybridized carbons (Fsp3) is 0.333. The Morgan fingerprint density at radius 1 is 1.07 bits per heavy atom. The average Bonchev–Trinajstić information content (AvgIpc) is 3.04. The summed E-state index contributed by atoms with van der Waals surface area (Å²) in [5.41, 5.74) is 1.78. The number of ether oxygens (including phenoxy) is 1. The molecular weight excluding hydrogens is 364 g/mol. The Hall–Kier alpha value is -2.92. The molecule has 5 heteroatoms. The van der Waals surface area contributed by atoms with E-state index in [1.807, 2.05) is 65.6 Å². The van der Waals surface area contributed by atoms with Gasteiger partial charge in [-0.1, -0.05) is 48.5 Å². The SMILES string of the molecule is O=C(OCc1ccccc1)N1C2CCC1CC(O)(c1cnc3ccccc3c1)C2. The Morgan fingerprint density at radius 3 is 2.52 bits per heavy atom. The Labute approximate surface area is 169 Å². The van der Waals surface area contributed by atoms with E-state index in [9.17, 15) is 9.90 Å². The van der Waals surface area contributed by atoms with Crippen LogP contribution >= 0.6 is 0 Å². The van der Waals surface area contributed by atoms with E-state index in [1.165, 1.54) is 0 Å². The van der Waals surface area contributed by atoms with Crippen LogP contribution in [0, 0.1) is 0 Å². The maximum Gasteiger partial charge on any atom is 0.410 e. The Balaban J connectivity index is 1.32. The van der Waals surface area contributed by atoms with Gasteiger partial charge in [0, 0.05) is 42.1 Å². The lowest BCUT2D eigenvalue weighted by atomic mass is 9.81. The number of nitrogens with zero attached hydrogens (tertiary/aromatic N) is 2. The summed E-state index contributed by atoms with van der Waals surface area (Å²) in [6, 6.07) is 19.7. The average molecular weight is 388 g/mol. The Morgan fingerprint density at radius 2 is 1.76 bits per heavy atom. The van der Waals surface area contributed by atoms with Crippen LogP contribution in [-0.2, 0) is 16.9 Å². The van der Waals surface area contributed by atoms with Crippen LogP contribution in [-0.4, -0.2) is 33.2 Å². The van der Waals surface area contributed by atoms with Crippen LogP contribution in [0.2, 0.25) is 0 Å². The zero-order chi connectivity index (χ0) is 19.8. The zero-order valence-electron chi connectivity index (χ0n) is 16.2. The largest absolute Gasteiger partial charge is 0.445 e. The summed E-state index contributed by atoms with van der Waals surface area (Å²) in [4.78, 5) is 19.1. The van der Waals surface area contributed by atoms with Gasteiger partial charge < -0.3 is 14.7 Å². The number of hydrogen-bond donors (Lipinski definition) is 1. The molecule has 5 nitrogen and oxygen atoms in total. The van der Waals surface area contributed by atoms with Crippen molar-refractivity contribution in [2.45, 2.75) is 50.0 Å². The maximum atomic E-state index is 12.8. The van der Waals surface area contributed by atoms with Gasteiger partial charge in [0.15, 0.2) is 0 Å². The van der Waals surface area contributed by atoms with E-state index < -0.39 is 5.60 Å². The molecule has 2 aromatic carbocycles. The summed E-state index contributed by atoms with van der Waals surface area (Å²) in [6.45, 7) is 0.272. The van der Waals surface area contributed by atoms with E-state index in [1.54, 1.807) is 6.20 Å². The second-order valence-corrected chi connectivity index (χ2v) is 8.19. The topological polar surface area (TPSA) is 62.7 Å². The fourth-order valence-corrected chi connectivity index (χ4v) is 4.88. The number of benzene rings is 2. The van der Waals surface area contributed by atoms with Gasteiger partial charge in [-0.05, 0) is 30.5 Å². The van der Waals surface area contributed by atoms with Crippen LogP contribution in [0.5, 0.6) is 0 Å². The number of carbonyl (C=O) groups excluding carboxylic acids is 1. The van der Waals surface area contributed by atoms with Crippen LogP contribution in [0.1, 0.15) is 36.8 Å². The molecule has 2 atom stereocenters. The quantitative estimate of drug-likeness (QED) is 0.723. The minimum absolute atomic E-state index is 0.00602. The Bertz CT molecular complexity index is 1020. The second-order valence-electron chi connectivity index (χ2n) is 8.19. The molecule has 0 aliphatic carbocycles. The van der Waals surface area contributed by atoms with E-state index >= 15 is 0 Å². The minimum atomic E-state index is -0.959. The normalized spacial score (nSPS) is 25.9. The fourth-order valence-electron chi connectivity index (χ4n) is 4.88. The summed E-state index contributed by atoms with van der Waals surface area (Å²) in [5, 5.41) is 12.5. The van der Waals surface area contributed by atoms with Crippen LogP contribution in [0.4, 0.5) is 4.79 Å². The van der Waals surface area contributed by atoms with E-state index in [0.29, 0.717) is 12.8 Å². The third-order valence-corrected chi connectivity index (χ3v) is 6.31. The van der Waals surface area contributed by atoms with Crippen molar-refractivity contribution in [1.29, 1.82) is 0 Å². The molecule has 148 valence electrons. The number of piperidine rings is 1. The number of carbonyl (C=O) groups is 1. The molecule has 2 aliphatic rings. The van der Waals surface area contributed by atoms with Gasteiger partial charge in [0.05, 0.1) is 11.1 Å². The number of amides is 1. The van der Waals surface area contributed by atoms with Crippen LogP contribution in [0.15, 0.2) is 66.9 Å². The molecule has 2 unspecified atom stereocenters. The van der Waals surface area contributed by atoms with Gasteiger partial charge >= 0.3 is 6.09 Å². The van der Waals surface area contributed by atoms with E-state index in [2.05, 4.69) is 4.98 Å². The first-order valence-corrected chi connectivity index (χ1v) is 10.2. The minimum Gasteiger partial charge on any atom is -0.445 e. The van der Waals surface area contributed by atoms with Crippen LogP contribution in [0.25, 0.3) is 10.9 Å². The van der Waals surface area contributed by atoms with Crippen molar-refractivity contribution in [1.82, 2.24) is 9.88 Å². The van der Waals surface area contributed by atoms with Crippen LogP contribution in [0.3, 0.4) is 0 Å². The molecule has 29 heavy (non-hydrogen) atoms. The van der Waals surface area contributed by atoms with Gasteiger partial charge in [0.1, 0.15) is 6.61 Å². The molecular formula is C24H24N2O3. The maximum absolute atomic E-state index is 12.8. The number of para-hydroxylation sites is 1. The monoisotopic (exact) mass is 388 g/mol. The van der Waals surface area contributed by atoms with E-state index in [0.717, 1.165) is 34.9 Å². The first-order valence-electron chi connectivity index (χ1n) is 10.2. The molecule has 2 saturated heterocycles. The van der Waals surface area contributed by atoms with E-state index in [4.69, 9.17) is 4.74 Å². The smallest absolute Gasteiger partial charge is 0.410 e. The summed E-state index contributed by atoms with van der Waals surface area (Å²) in [6.07, 6.45) is 4.34. The van der Waals surface area contributed by atoms with Crippen molar-refractivity contribution in [3.63, 3.8) is 0 Å². The summed E-state index contributed by atoms with van der Waals surface area (Å²) >= 11 is 0. The third kappa shape index (κ3) is 3.36. The van der Waals surface area contributed by atoms with Crippen molar-refractivity contribution >= 4 is 17.0 Å². The number of aliphatic hydroxyl groups is 1. The molecule has 0 radical (unpaired) electrons. The van der Waals surface area contributed by atoms with Gasteiger partial charge in [0.25, 0.3) is 0 Å². The predicted octanol–water partition coefficient (Wildman–Crippen LogP) is 4.39. The number of hydrogen-bond acceptors (Lipinski definition) is 4. The standard InChI is InChI=1S/C24H24N2O3/c27-23(29-16-17-6-2-1-3-7-17)26-20-10-11-21(26)14-24(28,13-20)19-12-18-8-4-5-9-22(18)25-15-19/h1-9,12,15,20-21,28H,10-11,13-14,16H2. The molecule has 2 bridgehead atoms. The van der Waals surface area contributed by atoms with Gasteiger partial charge in [0.2, 0.25) is 0 Å². The van der Waals surface area contributed by atoms with Crippen molar-refractivity contribution < 1.29 is 14.6 Å². The molecule has 3 aromatic rings. The van der Waals surface area contributed by atoms with Crippen molar-refractivity contribution in [3.05, 3.63) is 78.0 Å². The molecule has 0 spiro atoms.